The maximum Gasteiger partial charge on any atom is 0.240 e. The lowest BCUT2D eigenvalue weighted by Gasteiger charge is -2.23. The summed E-state index contributed by atoms with van der Waals surface area (Å²) in [5.74, 6) is -0.646. The molecule has 0 saturated carbocycles. The van der Waals surface area contributed by atoms with Gasteiger partial charge in [0.25, 0.3) is 0 Å². The van der Waals surface area contributed by atoms with E-state index in [0.717, 1.165) is 0 Å². The van der Waals surface area contributed by atoms with Crippen LogP contribution in [0.4, 0.5) is 0 Å². The molecule has 0 saturated heterocycles. The molecule has 0 aromatic carbocycles. The van der Waals surface area contributed by atoms with Gasteiger partial charge in [-0.15, -0.1) is 0 Å². The highest BCUT2D eigenvalue weighted by Crippen LogP contribution is 2.01. The van der Waals surface area contributed by atoms with Gasteiger partial charge in [0.2, 0.25) is 11.8 Å². The third-order valence-electron chi connectivity index (χ3n) is 2.35. The van der Waals surface area contributed by atoms with Gasteiger partial charge in [-0.2, -0.15) is 0 Å². The van der Waals surface area contributed by atoms with Crippen molar-refractivity contribution in [3.05, 3.63) is 0 Å². The van der Waals surface area contributed by atoms with Gasteiger partial charge in [-0.05, 0) is 12.8 Å². The monoisotopic (exact) mass is 243 g/mol. The fourth-order valence-electron chi connectivity index (χ4n) is 1.17. The van der Waals surface area contributed by atoms with Crippen molar-refractivity contribution in [1.29, 1.82) is 0 Å². The van der Waals surface area contributed by atoms with Crippen LogP contribution in [0, 0.1) is 5.92 Å². The van der Waals surface area contributed by atoms with E-state index >= 15 is 0 Å². The molecule has 98 valence electrons. The molecule has 0 spiro atoms. The van der Waals surface area contributed by atoms with Crippen molar-refractivity contribution >= 4 is 18.1 Å². The smallest absolute Gasteiger partial charge is 0.240 e. The van der Waals surface area contributed by atoms with Gasteiger partial charge < -0.3 is 20.7 Å². The lowest BCUT2D eigenvalue weighted by Crippen LogP contribution is -2.49. The Morgan fingerprint density at radius 3 is 2.29 bits per heavy atom. The molecule has 0 aliphatic rings. The highest BCUT2D eigenvalue weighted by atomic mass is 16.2. The molecule has 17 heavy (non-hydrogen) atoms. The molecule has 0 aliphatic carbocycles. The SMILES string of the molecule is CC(C)C(N)C(=O)N(C)CC(=O)N[C@@H](C)C=O. The van der Waals surface area contributed by atoms with Gasteiger partial charge in [0.15, 0.2) is 0 Å². The maximum atomic E-state index is 11.7. The van der Waals surface area contributed by atoms with E-state index in [-0.39, 0.29) is 24.3 Å². The van der Waals surface area contributed by atoms with Crippen LogP contribution in [0.1, 0.15) is 20.8 Å². The number of amides is 2. The van der Waals surface area contributed by atoms with Crippen molar-refractivity contribution in [2.24, 2.45) is 11.7 Å². The van der Waals surface area contributed by atoms with Gasteiger partial charge in [0.05, 0.1) is 18.6 Å². The Morgan fingerprint density at radius 2 is 1.88 bits per heavy atom. The highest BCUT2D eigenvalue weighted by Gasteiger charge is 2.22. The molecule has 2 atom stereocenters. The van der Waals surface area contributed by atoms with E-state index in [2.05, 4.69) is 5.32 Å². The number of aldehydes is 1. The van der Waals surface area contributed by atoms with Gasteiger partial charge in [-0.3, -0.25) is 9.59 Å². The van der Waals surface area contributed by atoms with E-state index < -0.39 is 12.1 Å². The van der Waals surface area contributed by atoms with Gasteiger partial charge >= 0.3 is 0 Å². The molecule has 1 unspecified atom stereocenters. The predicted octanol–water partition coefficient (Wildman–Crippen LogP) is -0.868. The van der Waals surface area contributed by atoms with Crippen LogP contribution in [0.3, 0.4) is 0 Å². The van der Waals surface area contributed by atoms with Crippen LogP contribution in [-0.2, 0) is 14.4 Å². The zero-order chi connectivity index (χ0) is 13.6. The van der Waals surface area contributed by atoms with Gasteiger partial charge in [-0.25, -0.2) is 0 Å². The molecule has 0 aromatic heterocycles. The third kappa shape index (κ3) is 5.44. The maximum absolute atomic E-state index is 11.7. The summed E-state index contributed by atoms with van der Waals surface area (Å²) < 4.78 is 0. The summed E-state index contributed by atoms with van der Waals surface area (Å²) in [5, 5.41) is 2.44. The standard InChI is InChI=1S/C11H21N3O3/c1-7(2)10(12)11(17)14(4)5-9(16)13-8(3)6-15/h6-8,10H,5,12H2,1-4H3,(H,13,16)/t8-,10?/m0/s1. The van der Waals surface area contributed by atoms with Crippen LogP contribution in [-0.4, -0.2) is 48.7 Å². The minimum absolute atomic E-state index is 0.0157. The second-order valence-corrected chi connectivity index (χ2v) is 4.46. The number of nitrogens with two attached hydrogens (primary N) is 1. The van der Waals surface area contributed by atoms with E-state index in [1.807, 2.05) is 13.8 Å². The van der Waals surface area contributed by atoms with E-state index in [1.165, 1.54) is 11.9 Å². The van der Waals surface area contributed by atoms with Crippen molar-refractivity contribution in [2.45, 2.75) is 32.9 Å². The van der Waals surface area contributed by atoms with Crippen molar-refractivity contribution in [3.8, 4) is 0 Å². The minimum Gasteiger partial charge on any atom is -0.345 e. The van der Waals surface area contributed by atoms with E-state index in [1.54, 1.807) is 6.92 Å². The van der Waals surface area contributed by atoms with Crippen LogP contribution in [0.15, 0.2) is 0 Å². The summed E-state index contributed by atoms with van der Waals surface area (Å²) in [6.07, 6.45) is 0.625. The zero-order valence-corrected chi connectivity index (χ0v) is 10.8. The Labute approximate surface area is 102 Å². The second-order valence-electron chi connectivity index (χ2n) is 4.46. The predicted molar refractivity (Wildman–Crippen MR) is 64.1 cm³/mol. The highest BCUT2D eigenvalue weighted by molar-refractivity contribution is 5.88. The fraction of sp³-hybridized carbons (Fsp3) is 0.727. The summed E-state index contributed by atoms with van der Waals surface area (Å²) in [6.45, 7) is 5.14. The first-order chi connectivity index (χ1) is 7.79. The number of nitrogens with one attached hydrogen (secondary N) is 1. The first kappa shape index (κ1) is 15.6. The van der Waals surface area contributed by atoms with Crippen LogP contribution in [0.2, 0.25) is 0 Å². The molecule has 0 rings (SSSR count). The quantitative estimate of drug-likeness (QED) is 0.593. The molecule has 2 amide bonds. The molecule has 0 bridgehead atoms. The Bertz CT molecular complexity index is 292. The topological polar surface area (TPSA) is 92.5 Å². The minimum atomic E-state index is -0.615. The Hall–Kier alpha value is -1.43. The van der Waals surface area contributed by atoms with Crippen molar-refractivity contribution in [2.75, 3.05) is 13.6 Å². The van der Waals surface area contributed by atoms with E-state index in [9.17, 15) is 14.4 Å². The van der Waals surface area contributed by atoms with Crippen molar-refractivity contribution in [1.82, 2.24) is 10.2 Å². The molecule has 3 N–H and O–H groups in total. The van der Waals surface area contributed by atoms with E-state index in [4.69, 9.17) is 5.73 Å². The fourth-order valence-corrected chi connectivity index (χ4v) is 1.17. The molecule has 0 heterocycles. The van der Waals surface area contributed by atoms with Crippen LogP contribution < -0.4 is 11.1 Å². The molecule has 0 radical (unpaired) electrons. The summed E-state index contributed by atoms with van der Waals surface area (Å²) in [7, 11) is 1.51. The number of hydrogen-bond acceptors (Lipinski definition) is 4. The van der Waals surface area contributed by atoms with Gasteiger partial charge in [0, 0.05) is 7.05 Å². The molecule has 6 heteroatoms. The Kier molecular flexibility index (Phi) is 6.42. The lowest BCUT2D eigenvalue weighted by atomic mass is 10.0. The average molecular weight is 243 g/mol. The summed E-state index contributed by atoms with van der Waals surface area (Å²) in [4.78, 5) is 34.7. The third-order valence-corrected chi connectivity index (χ3v) is 2.35. The van der Waals surface area contributed by atoms with Crippen molar-refractivity contribution < 1.29 is 14.4 Å². The number of hydrogen-bond donors (Lipinski definition) is 2. The summed E-state index contributed by atoms with van der Waals surface area (Å²) in [5.41, 5.74) is 5.68. The molecule has 0 fully saturated rings. The van der Waals surface area contributed by atoms with Crippen LogP contribution >= 0.6 is 0 Å². The molecule has 6 nitrogen and oxygen atoms in total. The molecule has 0 aromatic rings. The van der Waals surface area contributed by atoms with Crippen LogP contribution in [0.25, 0.3) is 0 Å². The normalized spacial score (nSPS) is 14.0. The Balaban J connectivity index is 4.25. The number of likely N-dealkylation sites (N-methyl/N-ethyl adjacent to an activating group) is 1. The number of carbonyl (C=O) groups is 3. The lowest BCUT2D eigenvalue weighted by molar-refractivity contribution is -0.136. The Morgan fingerprint density at radius 1 is 1.35 bits per heavy atom. The summed E-state index contributed by atoms with van der Waals surface area (Å²) >= 11 is 0. The molecular formula is C11H21N3O3. The number of rotatable bonds is 6. The molecular weight excluding hydrogens is 222 g/mol. The second kappa shape index (κ2) is 7.01. The largest absolute Gasteiger partial charge is 0.345 e. The summed E-state index contributed by atoms with van der Waals surface area (Å²) in [6, 6.07) is -1.17. The number of carbonyl (C=O) groups excluding carboxylic acids is 3. The van der Waals surface area contributed by atoms with Gasteiger partial charge in [-0.1, -0.05) is 13.8 Å². The van der Waals surface area contributed by atoms with Crippen LogP contribution in [0.5, 0.6) is 0 Å². The average Bonchev–Trinajstić information content (AvgIpc) is 2.26. The number of nitrogens with zero attached hydrogens (tertiary/aromatic N) is 1. The van der Waals surface area contributed by atoms with E-state index in [0.29, 0.717) is 6.29 Å². The van der Waals surface area contributed by atoms with Gasteiger partial charge in [0.1, 0.15) is 6.29 Å². The first-order valence-electron chi connectivity index (χ1n) is 5.54. The van der Waals surface area contributed by atoms with Crippen molar-refractivity contribution in [3.63, 3.8) is 0 Å². The first-order valence-corrected chi connectivity index (χ1v) is 5.54. The zero-order valence-electron chi connectivity index (χ0n) is 10.8. The molecule has 0 aliphatic heterocycles.